The minimum absolute atomic E-state index is 0.0445. The summed E-state index contributed by atoms with van der Waals surface area (Å²) in [4.78, 5) is 2.11. The number of aryl methyl sites for hydroxylation is 1. The van der Waals surface area contributed by atoms with Crippen LogP contribution in [0.2, 0.25) is 0 Å². The van der Waals surface area contributed by atoms with Gasteiger partial charge in [0, 0.05) is 38.3 Å². The number of hydrogen-bond acceptors (Lipinski definition) is 6. The summed E-state index contributed by atoms with van der Waals surface area (Å²) in [5.74, 6) is 0.463. The fourth-order valence-electron chi connectivity index (χ4n) is 3.74. The van der Waals surface area contributed by atoms with E-state index in [0.29, 0.717) is 22.7 Å². The van der Waals surface area contributed by atoms with Crippen molar-refractivity contribution in [1.29, 1.82) is 0 Å². The first kappa shape index (κ1) is 19.8. The Morgan fingerprint density at radius 2 is 1.83 bits per heavy atom. The van der Waals surface area contributed by atoms with Crippen LogP contribution >= 0.6 is 0 Å². The average molecular weight is 421 g/mol. The van der Waals surface area contributed by atoms with Gasteiger partial charge in [0.15, 0.2) is 5.75 Å². The normalized spacial score (nSPS) is 16.9. The zero-order chi connectivity index (χ0) is 20.6. The van der Waals surface area contributed by atoms with Crippen LogP contribution in [0.4, 0.5) is 15.8 Å². The first-order valence-corrected chi connectivity index (χ1v) is 10.9. The summed E-state index contributed by atoms with van der Waals surface area (Å²) in [6.07, 6.45) is 0. The number of halogens is 1. The third kappa shape index (κ3) is 3.60. The van der Waals surface area contributed by atoms with Crippen molar-refractivity contribution >= 4 is 21.4 Å². The lowest BCUT2D eigenvalue weighted by molar-refractivity contribution is 0.314. The number of sulfonamides is 1. The Morgan fingerprint density at radius 1 is 1.10 bits per heavy atom. The van der Waals surface area contributed by atoms with Crippen molar-refractivity contribution in [2.75, 3.05) is 55.6 Å². The molecule has 9 heteroatoms. The fraction of sp³-hybridized carbons (Fsp3) is 0.400. The lowest BCUT2D eigenvalue weighted by atomic mass is 10.1. The molecular formula is C20H24FN3O4S. The molecule has 7 nitrogen and oxygen atoms in total. The van der Waals surface area contributed by atoms with E-state index >= 15 is 0 Å². The average Bonchev–Trinajstić information content (AvgIpc) is 2.74. The first-order valence-electron chi connectivity index (χ1n) is 9.51. The number of methoxy groups -OCH3 is 1. The molecule has 0 unspecified atom stereocenters. The summed E-state index contributed by atoms with van der Waals surface area (Å²) < 4.78 is 53.4. The van der Waals surface area contributed by atoms with Gasteiger partial charge in [0.25, 0.3) is 10.0 Å². The van der Waals surface area contributed by atoms with Crippen LogP contribution in [0, 0.1) is 12.7 Å². The molecule has 4 rings (SSSR count). The molecule has 2 heterocycles. The molecule has 1 N–H and O–H groups in total. The number of benzene rings is 2. The van der Waals surface area contributed by atoms with Crippen molar-refractivity contribution in [3.8, 4) is 11.5 Å². The van der Waals surface area contributed by atoms with Crippen LogP contribution in [-0.2, 0) is 10.0 Å². The monoisotopic (exact) mass is 421 g/mol. The van der Waals surface area contributed by atoms with Crippen LogP contribution in [0.1, 0.15) is 5.56 Å². The third-order valence-corrected chi connectivity index (χ3v) is 7.20. The van der Waals surface area contributed by atoms with Crippen molar-refractivity contribution in [2.45, 2.75) is 11.8 Å². The maximum absolute atomic E-state index is 13.8. The molecule has 0 amide bonds. The SMILES string of the molecule is COc1cc(N2CCNCC2)c2c(c1)N(S(=O)(=O)c1cc(F)ccc1C)CCO2. The molecule has 156 valence electrons. The van der Waals surface area contributed by atoms with Gasteiger partial charge in [-0.05, 0) is 24.6 Å². The fourth-order valence-corrected chi connectivity index (χ4v) is 5.42. The van der Waals surface area contributed by atoms with Crippen LogP contribution in [0.15, 0.2) is 35.2 Å². The Kier molecular flexibility index (Phi) is 5.26. The quantitative estimate of drug-likeness (QED) is 0.816. The van der Waals surface area contributed by atoms with E-state index in [4.69, 9.17) is 9.47 Å². The second-order valence-corrected chi connectivity index (χ2v) is 8.90. The molecule has 0 aliphatic carbocycles. The number of piperazine rings is 1. The number of fused-ring (bicyclic) bond motifs is 1. The van der Waals surface area contributed by atoms with Crippen molar-refractivity contribution in [1.82, 2.24) is 5.32 Å². The lowest BCUT2D eigenvalue weighted by Gasteiger charge is -2.36. The van der Waals surface area contributed by atoms with Gasteiger partial charge in [0.1, 0.15) is 18.2 Å². The Bertz CT molecular complexity index is 1020. The molecule has 2 aliphatic heterocycles. The van der Waals surface area contributed by atoms with Crippen molar-refractivity contribution < 1.29 is 22.3 Å². The largest absolute Gasteiger partial charge is 0.497 e. The Hall–Kier alpha value is -2.52. The number of ether oxygens (including phenoxy) is 2. The topological polar surface area (TPSA) is 71.1 Å². The molecule has 0 saturated carbocycles. The highest BCUT2D eigenvalue weighted by molar-refractivity contribution is 7.92. The van der Waals surface area contributed by atoms with E-state index in [1.165, 1.54) is 16.4 Å². The van der Waals surface area contributed by atoms with Crippen LogP contribution in [0.5, 0.6) is 11.5 Å². The summed E-state index contributed by atoms with van der Waals surface area (Å²) in [6, 6.07) is 7.33. The molecule has 0 radical (unpaired) electrons. The van der Waals surface area contributed by atoms with Crippen molar-refractivity contribution in [3.05, 3.63) is 41.7 Å². The van der Waals surface area contributed by atoms with Gasteiger partial charge >= 0.3 is 0 Å². The molecule has 1 fully saturated rings. The van der Waals surface area contributed by atoms with E-state index in [1.54, 1.807) is 20.1 Å². The minimum atomic E-state index is -3.97. The molecule has 0 spiro atoms. The highest BCUT2D eigenvalue weighted by Crippen LogP contribution is 2.45. The smallest absolute Gasteiger partial charge is 0.264 e. The number of anilines is 2. The third-order valence-electron chi connectivity index (χ3n) is 5.24. The summed E-state index contributed by atoms with van der Waals surface area (Å²) >= 11 is 0. The molecule has 2 aliphatic rings. The predicted octanol–water partition coefficient (Wildman–Crippen LogP) is 2.14. The van der Waals surface area contributed by atoms with Crippen LogP contribution in [0.3, 0.4) is 0 Å². The maximum Gasteiger partial charge on any atom is 0.264 e. The summed E-state index contributed by atoms with van der Waals surface area (Å²) in [5.41, 5.74) is 1.70. The number of hydrogen-bond donors (Lipinski definition) is 1. The zero-order valence-electron chi connectivity index (χ0n) is 16.4. The van der Waals surface area contributed by atoms with E-state index in [2.05, 4.69) is 10.2 Å². The van der Waals surface area contributed by atoms with Gasteiger partial charge in [-0.3, -0.25) is 4.31 Å². The molecule has 0 atom stereocenters. The number of rotatable bonds is 4. The van der Waals surface area contributed by atoms with Gasteiger partial charge in [0.05, 0.1) is 29.9 Å². The summed E-state index contributed by atoms with van der Waals surface area (Å²) in [5, 5.41) is 3.30. The van der Waals surface area contributed by atoms with E-state index in [0.717, 1.165) is 37.9 Å². The summed E-state index contributed by atoms with van der Waals surface area (Å²) in [7, 11) is -2.43. The predicted molar refractivity (Wildman–Crippen MR) is 109 cm³/mol. The van der Waals surface area contributed by atoms with Gasteiger partial charge in [-0.2, -0.15) is 0 Å². The van der Waals surface area contributed by atoms with Crippen LogP contribution in [0.25, 0.3) is 0 Å². The molecule has 29 heavy (non-hydrogen) atoms. The highest BCUT2D eigenvalue weighted by Gasteiger charge is 2.34. The second kappa shape index (κ2) is 7.72. The number of nitrogens with one attached hydrogen (secondary N) is 1. The first-order chi connectivity index (χ1) is 13.9. The molecular weight excluding hydrogens is 397 g/mol. The molecule has 0 aromatic heterocycles. The molecule has 2 aromatic rings. The Balaban J connectivity index is 1.84. The standard InChI is InChI=1S/C20H24FN3O4S/c1-14-3-4-15(21)11-19(14)29(25,26)24-9-10-28-20-17(23-7-5-22-6-8-23)12-16(27-2)13-18(20)24/h3-4,11-13,22H,5-10H2,1-2H3. The van der Waals surface area contributed by atoms with E-state index in [1.807, 2.05) is 6.07 Å². The van der Waals surface area contributed by atoms with E-state index in [-0.39, 0.29) is 18.0 Å². The van der Waals surface area contributed by atoms with Crippen molar-refractivity contribution in [3.63, 3.8) is 0 Å². The highest BCUT2D eigenvalue weighted by atomic mass is 32.2. The molecule has 1 saturated heterocycles. The Labute approximate surface area is 170 Å². The van der Waals surface area contributed by atoms with Gasteiger partial charge < -0.3 is 19.7 Å². The number of nitrogens with zero attached hydrogens (tertiary/aromatic N) is 2. The maximum atomic E-state index is 13.8. The van der Waals surface area contributed by atoms with Gasteiger partial charge in [-0.15, -0.1) is 0 Å². The van der Waals surface area contributed by atoms with Crippen LogP contribution < -0.4 is 24.0 Å². The van der Waals surface area contributed by atoms with E-state index < -0.39 is 15.8 Å². The zero-order valence-corrected chi connectivity index (χ0v) is 17.3. The Morgan fingerprint density at radius 3 is 2.55 bits per heavy atom. The van der Waals surface area contributed by atoms with Gasteiger partial charge in [-0.25, -0.2) is 12.8 Å². The minimum Gasteiger partial charge on any atom is -0.497 e. The van der Waals surface area contributed by atoms with Gasteiger partial charge in [0.2, 0.25) is 0 Å². The van der Waals surface area contributed by atoms with Crippen molar-refractivity contribution in [2.24, 2.45) is 0 Å². The second-order valence-electron chi connectivity index (χ2n) is 7.07. The summed E-state index contributed by atoms with van der Waals surface area (Å²) in [6.45, 7) is 5.22. The lowest BCUT2D eigenvalue weighted by Crippen LogP contribution is -2.44. The van der Waals surface area contributed by atoms with Crippen LogP contribution in [-0.4, -0.2) is 54.9 Å². The van der Waals surface area contributed by atoms with Gasteiger partial charge in [-0.1, -0.05) is 6.07 Å². The molecule has 2 aromatic carbocycles. The van der Waals surface area contributed by atoms with E-state index in [9.17, 15) is 12.8 Å². The molecule has 0 bridgehead atoms.